The Kier molecular flexibility index (Phi) is 6.69. The lowest BCUT2D eigenvalue weighted by Crippen LogP contribution is -2.36. The summed E-state index contributed by atoms with van der Waals surface area (Å²) < 4.78 is 31.7. The van der Waals surface area contributed by atoms with E-state index < -0.39 is 12.1 Å². The molecule has 2 heterocycles. The van der Waals surface area contributed by atoms with Crippen LogP contribution in [-0.2, 0) is 16.1 Å². The van der Waals surface area contributed by atoms with E-state index in [1.54, 1.807) is 4.90 Å². The Balaban J connectivity index is 0.000000345. The summed E-state index contributed by atoms with van der Waals surface area (Å²) in [5, 5.41) is 7.12. The van der Waals surface area contributed by atoms with Crippen molar-refractivity contribution in [2.45, 2.75) is 38.9 Å². The monoisotopic (exact) mass is 401 g/mol. The molecule has 1 amide bonds. The molecule has 2 fully saturated rings. The topological polar surface area (TPSA) is 73.7 Å². The first-order valence-corrected chi connectivity index (χ1v) is 9.11. The Labute approximate surface area is 162 Å². The van der Waals surface area contributed by atoms with Gasteiger partial charge in [0.1, 0.15) is 0 Å². The normalized spacial score (nSPS) is 20.9. The number of carbonyl (C=O) groups excluding carboxylic acids is 1. The van der Waals surface area contributed by atoms with E-state index in [2.05, 4.69) is 22.0 Å². The fourth-order valence-electron chi connectivity index (χ4n) is 3.63. The van der Waals surface area contributed by atoms with Gasteiger partial charge in [-0.3, -0.25) is 14.7 Å². The molecule has 156 valence electrons. The minimum Gasteiger partial charge on any atom is -0.475 e. The molecule has 28 heavy (non-hydrogen) atoms. The van der Waals surface area contributed by atoms with Gasteiger partial charge in [0, 0.05) is 32.3 Å². The van der Waals surface area contributed by atoms with E-state index in [-0.39, 0.29) is 5.92 Å². The van der Waals surface area contributed by atoms with E-state index in [9.17, 15) is 18.0 Å². The average Bonchev–Trinajstić information content (AvgIpc) is 3.29. The summed E-state index contributed by atoms with van der Waals surface area (Å²) in [6.07, 6.45) is -1.67. The number of piperidine rings is 1. The molecule has 1 atom stereocenters. The predicted molar refractivity (Wildman–Crippen MR) is 96.4 cm³/mol. The number of hydrogen-bond donors (Lipinski definition) is 1. The first kappa shape index (κ1) is 22.1. The molecule has 0 bridgehead atoms. The SMILES string of the molecule is Cc1cccc(CN2CCC3(CC2)CC3C(=O)N(C)C)n1.O=C(O)C(F)(F)F. The number of amides is 1. The van der Waals surface area contributed by atoms with Gasteiger partial charge in [-0.1, -0.05) is 6.07 Å². The van der Waals surface area contributed by atoms with Gasteiger partial charge in [-0.05, 0) is 56.8 Å². The van der Waals surface area contributed by atoms with Crippen LogP contribution in [0.4, 0.5) is 13.2 Å². The van der Waals surface area contributed by atoms with Crippen LogP contribution in [0.15, 0.2) is 18.2 Å². The Bertz CT molecular complexity index is 714. The van der Waals surface area contributed by atoms with E-state index in [1.165, 1.54) is 0 Å². The van der Waals surface area contributed by atoms with Crippen molar-refractivity contribution < 1.29 is 27.9 Å². The molecule has 1 N–H and O–H groups in total. The molecule has 1 aromatic heterocycles. The smallest absolute Gasteiger partial charge is 0.475 e. The molecule has 1 spiro atoms. The van der Waals surface area contributed by atoms with Crippen molar-refractivity contribution in [3.63, 3.8) is 0 Å². The van der Waals surface area contributed by atoms with Crippen molar-refractivity contribution in [1.29, 1.82) is 0 Å². The van der Waals surface area contributed by atoms with E-state index in [1.807, 2.05) is 27.1 Å². The maximum atomic E-state index is 12.1. The molecule has 2 aliphatic rings. The highest BCUT2D eigenvalue weighted by Gasteiger charge is 2.58. The van der Waals surface area contributed by atoms with Crippen molar-refractivity contribution in [2.75, 3.05) is 27.2 Å². The largest absolute Gasteiger partial charge is 0.490 e. The maximum Gasteiger partial charge on any atom is 0.490 e. The summed E-state index contributed by atoms with van der Waals surface area (Å²) in [4.78, 5) is 29.8. The summed E-state index contributed by atoms with van der Waals surface area (Å²) in [6, 6.07) is 6.22. The standard InChI is InChI=1S/C17H25N3O.C2HF3O2/c1-13-5-4-6-14(18-13)12-20-9-7-17(8-10-20)11-15(17)16(21)19(2)3;3-2(4,5)1(6)7/h4-6,15H,7-12H2,1-3H3;(H,6,7). The summed E-state index contributed by atoms with van der Waals surface area (Å²) in [5.74, 6) is -2.15. The van der Waals surface area contributed by atoms with Crippen LogP contribution >= 0.6 is 0 Å². The number of likely N-dealkylation sites (tertiary alicyclic amines) is 1. The van der Waals surface area contributed by atoms with Gasteiger partial charge < -0.3 is 10.0 Å². The lowest BCUT2D eigenvalue weighted by atomic mass is 9.90. The second kappa shape index (κ2) is 8.46. The van der Waals surface area contributed by atoms with Crippen molar-refractivity contribution in [3.05, 3.63) is 29.6 Å². The van der Waals surface area contributed by atoms with Gasteiger partial charge >= 0.3 is 12.1 Å². The summed E-state index contributed by atoms with van der Waals surface area (Å²) in [6.45, 7) is 5.15. The number of aryl methyl sites for hydroxylation is 1. The second-order valence-electron chi connectivity index (χ2n) is 7.70. The lowest BCUT2D eigenvalue weighted by Gasteiger charge is -2.32. The van der Waals surface area contributed by atoms with Crippen LogP contribution in [0, 0.1) is 18.3 Å². The highest BCUT2D eigenvalue weighted by molar-refractivity contribution is 5.82. The molecule has 0 radical (unpaired) electrons. The van der Waals surface area contributed by atoms with Crippen LogP contribution in [0.3, 0.4) is 0 Å². The Morgan fingerprint density at radius 2 is 1.86 bits per heavy atom. The number of nitrogens with zero attached hydrogens (tertiary/aromatic N) is 3. The average molecular weight is 401 g/mol. The van der Waals surface area contributed by atoms with Crippen LogP contribution in [0.25, 0.3) is 0 Å². The third-order valence-corrected chi connectivity index (χ3v) is 5.35. The molecule has 3 rings (SSSR count). The van der Waals surface area contributed by atoms with Crippen LogP contribution in [0.5, 0.6) is 0 Å². The number of hydrogen-bond acceptors (Lipinski definition) is 4. The molecule has 1 aliphatic carbocycles. The minimum absolute atomic E-state index is 0.284. The fraction of sp³-hybridized carbons (Fsp3) is 0.632. The van der Waals surface area contributed by atoms with Crippen molar-refractivity contribution in [3.8, 4) is 0 Å². The van der Waals surface area contributed by atoms with Gasteiger partial charge in [0.2, 0.25) is 5.91 Å². The van der Waals surface area contributed by atoms with Gasteiger partial charge in [-0.25, -0.2) is 4.79 Å². The fourth-order valence-corrected chi connectivity index (χ4v) is 3.63. The summed E-state index contributed by atoms with van der Waals surface area (Å²) in [5.41, 5.74) is 2.56. The first-order chi connectivity index (χ1) is 12.9. The van der Waals surface area contributed by atoms with Crippen LogP contribution in [0.2, 0.25) is 0 Å². The molecule has 0 aromatic carbocycles. The second-order valence-corrected chi connectivity index (χ2v) is 7.70. The number of carboxylic acid groups (broad SMARTS) is 1. The Morgan fingerprint density at radius 1 is 1.29 bits per heavy atom. The van der Waals surface area contributed by atoms with Gasteiger partial charge in [0.05, 0.1) is 5.69 Å². The van der Waals surface area contributed by atoms with Crippen molar-refractivity contribution in [2.24, 2.45) is 11.3 Å². The number of aliphatic carboxylic acids is 1. The van der Waals surface area contributed by atoms with Gasteiger partial charge in [0.25, 0.3) is 0 Å². The number of alkyl halides is 3. The zero-order chi connectivity index (χ0) is 21.1. The van der Waals surface area contributed by atoms with Gasteiger partial charge in [-0.15, -0.1) is 0 Å². The summed E-state index contributed by atoms with van der Waals surface area (Å²) in [7, 11) is 3.74. The van der Waals surface area contributed by atoms with E-state index >= 15 is 0 Å². The van der Waals surface area contributed by atoms with Gasteiger partial charge in [-0.2, -0.15) is 13.2 Å². The number of carbonyl (C=O) groups is 2. The number of halogens is 3. The number of carboxylic acids is 1. The van der Waals surface area contributed by atoms with Crippen LogP contribution in [-0.4, -0.2) is 65.1 Å². The zero-order valence-corrected chi connectivity index (χ0v) is 16.3. The van der Waals surface area contributed by atoms with E-state index in [4.69, 9.17) is 9.90 Å². The predicted octanol–water partition coefficient (Wildman–Crippen LogP) is 2.71. The quantitative estimate of drug-likeness (QED) is 0.843. The first-order valence-electron chi connectivity index (χ1n) is 9.11. The zero-order valence-electron chi connectivity index (χ0n) is 16.3. The molecule has 1 unspecified atom stereocenters. The lowest BCUT2D eigenvalue weighted by molar-refractivity contribution is -0.192. The van der Waals surface area contributed by atoms with Crippen LogP contribution in [0.1, 0.15) is 30.7 Å². The molecule has 1 saturated carbocycles. The molecule has 6 nitrogen and oxygen atoms in total. The highest BCUT2D eigenvalue weighted by atomic mass is 19.4. The summed E-state index contributed by atoms with van der Waals surface area (Å²) >= 11 is 0. The molecule has 1 aliphatic heterocycles. The number of pyridine rings is 1. The third-order valence-electron chi connectivity index (χ3n) is 5.35. The Morgan fingerprint density at radius 3 is 2.32 bits per heavy atom. The highest BCUT2D eigenvalue weighted by Crippen LogP contribution is 2.59. The molecule has 1 aromatic rings. The molecule has 9 heteroatoms. The number of rotatable bonds is 3. The maximum absolute atomic E-state index is 12.1. The minimum atomic E-state index is -5.08. The molecular weight excluding hydrogens is 375 g/mol. The van der Waals surface area contributed by atoms with E-state index in [0.717, 1.165) is 50.3 Å². The van der Waals surface area contributed by atoms with Gasteiger partial charge in [0.15, 0.2) is 0 Å². The molecule has 1 saturated heterocycles. The number of aromatic nitrogens is 1. The van der Waals surface area contributed by atoms with Crippen LogP contribution < -0.4 is 0 Å². The third kappa shape index (κ3) is 5.67. The van der Waals surface area contributed by atoms with Crippen molar-refractivity contribution >= 4 is 11.9 Å². The Hall–Kier alpha value is -2.16. The van der Waals surface area contributed by atoms with Crippen molar-refractivity contribution in [1.82, 2.24) is 14.8 Å². The van der Waals surface area contributed by atoms with E-state index in [0.29, 0.717) is 11.3 Å². The molecular formula is C19H26F3N3O3.